The van der Waals surface area contributed by atoms with Crippen molar-refractivity contribution in [3.05, 3.63) is 28.9 Å². The average Bonchev–Trinajstić information content (AvgIpc) is 3.14. The number of fused-ring (bicyclic) bond motifs is 1. The molecule has 0 radical (unpaired) electrons. The van der Waals surface area contributed by atoms with Crippen LogP contribution >= 0.6 is 0 Å². The van der Waals surface area contributed by atoms with Gasteiger partial charge in [-0.2, -0.15) is 4.98 Å². The molecule has 4 heterocycles. The van der Waals surface area contributed by atoms with E-state index in [1.54, 1.807) is 0 Å². The smallest absolute Gasteiger partial charge is 0.227 e. The molecule has 1 atom stereocenters. The van der Waals surface area contributed by atoms with Crippen molar-refractivity contribution in [2.45, 2.75) is 32.7 Å². The summed E-state index contributed by atoms with van der Waals surface area (Å²) < 4.78 is 28.6. The van der Waals surface area contributed by atoms with Gasteiger partial charge in [0, 0.05) is 30.4 Å². The monoisotopic (exact) mass is 348 g/mol. The molecule has 24 heavy (non-hydrogen) atoms. The summed E-state index contributed by atoms with van der Waals surface area (Å²) in [4.78, 5) is 8.99. The zero-order valence-corrected chi connectivity index (χ0v) is 14.4. The average molecular weight is 348 g/mol. The molecule has 0 saturated carbocycles. The summed E-state index contributed by atoms with van der Waals surface area (Å²) in [5.41, 5.74) is 4.27. The molecule has 1 unspecified atom stereocenters. The number of hydrogen-bond donors (Lipinski definition) is 1. The van der Waals surface area contributed by atoms with Gasteiger partial charge < -0.3 is 9.84 Å². The van der Waals surface area contributed by atoms with Crippen LogP contribution in [-0.4, -0.2) is 41.6 Å². The largest absolute Gasteiger partial charge is 0.339 e. The molecule has 0 spiro atoms. The van der Waals surface area contributed by atoms with Crippen molar-refractivity contribution in [3.8, 4) is 11.4 Å². The quantitative estimate of drug-likeness (QED) is 0.885. The summed E-state index contributed by atoms with van der Waals surface area (Å²) in [7, 11) is -2.89. The maximum atomic E-state index is 11.6. The summed E-state index contributed by atoms with van der Waals surface area (Å²) in [5, 5.41) is 7.48. The Balaban J connectivity index is 1.62. The highest BCUT2D eigenvalue weighted by atomic mass is 32.2. The van der Waals surface area contributed by atoms with Gasteiger partial charge in [0.1, 0.15) is 0 Å². The van der Waals surface area contributed by atoms with E-state index in [-0.39, 0.29) is 17.4 Å². The van der Waals surface area contributed by atoms with Crippen LogP contribution in [0.1, 0.15) is 29.1 Å². The highest BCUT2D eigenvalue weighted by Crippen LogP contribution is 2.29. The molecule has 1 N–H and O–H groups in total. The van der Waals surface area contributed by atoms with E-state index in [9.17, 15) is 8.42 Å². The van der Waals surface area contributed by atoms with Crippen molar-refractivity contribution in [1.29, 1.82) is 0 Å². The summed E-state index contributed by atoms with van der Waals surface area (Å²) >= 11 is 0. The fourth-order valence-electron chi connectivity index (χ4n) is 3.59. The lowest BCUT2D eigenvalue weighted by Gasteiger charge is -2.19. The van der Waals surface area contributed by atoms with Gasteiger partial charge >= 0.3 is 0 Å². The third-order valence-corrected chi connectivity index (χ3v) is 6.65. The Kier molecular flexibility index (Phi) is 3.88. The summed E-state index contributed by atoms with van der Waals surface area (Å²) in [5.74, 6) is 1.64. The van der Waals surface area contributed by atoms with Gasteiger partial charge in [0.15, 0.2) is 9.84 Å². The molecule has 1 saturated heterocycles. The Hall–Kier alpha value is -1.80. The zero-order chi connectivity index (χ0) is 16.7. The summed E-state index contributed by atoms with van der Waals surface area (Å²) in [6.45, 7) is 3.69. The highest BCUT2D eigenvalue weighted by molar-refractivity contribution is 7.91. The SMILES string of the molecule is Cc1ncc2c(c1-c1noc(CC3CCS(=O)(=O)C3)n1)CCNC2. The number of sulfone groups is 1. The summed E-state index contributed by atoms with van der Waals surface area (Å²) in [6, 6.07) is 0. The number of nitrogens with one attached hydrogen (secondary N) is 1. The number of rotatable bonds is 3. The molecule has 1 fully saturated rings. The third-order valence-electron chi connectivity index (χ3n) is 4.81. The topological polar surface area (TPSA) is 98.0 Å². The van der Waals surface area contributed by atoms with E-state index < -0.39 is 9.84 Å². The van der Waals surface area contributed by atoms with Crippen LogP contribution in [-0.2, 0) is 29.2 Å². The Morgan fingerprint density at radius 3 is 3.08 bits per heavy atom. The molecule has 0 bridgehead atoms. The molecular weight excluding hydrogens is 328 g/mol. The van der Waals surface area contributed by atoms with E-state index in [2.05, 4.69) is 20.4 Å². The first kappa shape index (κ1) is 15.7. The summed E-state index contributed by atoms with van der Waals surface area (Å²) in [6.07, 6.45) is 4.02. The van der Waals surface area contributed by atoms with Crippen molar-refractivity contribution < 1.29 is 12.9 Å². The van der Waals surface area contributed by atoms with Crippen LogP contribution in [0.2, 0.25) is 0 Å². The number of aromatic nitrogens is 3. The second-order valence-electron chi connectivity index (χ2n) is 6.63. The van der Waals surface area contributed by atoms with E-state index in [4.69, 9.17) is 4.52 Å². The molecule has 0 aliphatic carbocycles. The fourth-order valence-corrected chi connectivity index (χ4v) is 5.45. The number of hydrogen-bond acceptors (Lipinski definition) is 7. The molecule has 4 rings (SSSR count). The van der Waals surface area contributed by atoms with E-state index in [1.165, 1.54) is 11.1 Å². The van der Waals surface area contributed by atoms with Gasteiger partial charge in [0.2, 0.25) is 11.7 Å². The molecule has 2 aromatic heterocycles. The van der Waals surface area contributed by atoms with Gasteiger partial charge in [-0.3, -0.25) is 4.98 Å². The first-order valence-corrected chi connectivity index (χ1v) is 10.1. The third kappa shape index (κ3) is 2.95. The van der Waals surface area contributed by atoms with Crippen LogP contribution in [0.4, 0.5) is 0 Å². The minimum Gasteiger partial charge on any atom is -0.339 e. The van der Waals surface area contributed by atoms with Gasteiger partial charge in [-0.1, -0.05) is 5.16 Å². The van der Waals surface area contributed by atoms with Crippen LogP contribution in [0.5, 0.6) is 0 Å². The first-order chi connectivity index (χ1) is 11.5. The van der Waals surface area contributed by atoms with Crippen molar-refractivity contribution in [2.75, 3.05) is 18.1 Å². The number of aryl methyl sites for hydroxylation is 1. The first-order valence-electron chi connectivity index (χ1n) is 8.23. The second-order valence-corrected chi connectivity index (χ2v) is 8.86. The van der Waals surface area contributed by atoms with Gasteiger partial charge in [-0.15, -0.1) is 0 Å². The lowest BCUT2D eigenvalue weighted by atomic mass is 9.95. The van der Waals surface area contributed by atoms with Crippen molar-refractivity contribution in [3.63, 3.8) is 0 Å². The number of nitrogens with zero attached hydrogens (tertiary/aromatic N) is 3. The molecule has 7 nitrogen and oxygen atoms in total. The van der Waals surface area contributed by atoms with Crippen LogP contribution in [0.25, 0.3) is 11.4 Å². The predicted octanol–water partition coefficient (Wildman–Crippen LogP) is 1.06. The molecule has 2 aromatic rings. The molecule has 8 heteroatoms. The van der Waals surface area contributed by atoms with Crippen LogP contribution in [0.3, 0.4) is 0 Å². The molecule has 2 aliphatic rings. The molecule has 0 aromatic carbocycles. The maximum absolute atomic E-state index is 11.6. The molecule has 128 valence electrons. The normalized spacial score (nSPS) is 22.5. The van der Waals surface area contributed by atoms with Crippen molar-refractivity contribution in [1.82, 2.24) is 20.4 Å². The predicted molar refractivity (Wildman–Crippen MR) is 88.1 cm³/mol. The van der Waals surface area contributed by atoms with Crippen LogP contribution < -0.4 is 5.32 Å². The van der Waals surface area contributed by atoms with Gasteiger partial charge in [0.25, 0.3) is 0 Å². The Morgan fingerprint density at radius 1 is 1.42 bits per heavy atom. The van der Waals surface area contributed by atoms with Crippen molar-refractivity contribution >= 4 is 9.84 Å². The van der Waals surface area contributed by atoms with Gasteiger partial charge in [-0.05, 0) is 43.4 Å². The maximum Gasteiger partial charge on any atom is 0.227 e. The van der Waals surface area contributed by atoms with Crippen LogP contribution in [0.15, 0.2) is 10.7 Å². The Bertz CT molecular complexity index is 875. The lowest BCUT2D eigenvalue weighted by Crippen LogP contribution is -2.24. The fraction of sp³-hybridized carbons (Fsp3) is 0.562. The Morgan fingerprint density at radius 2 is 2.29 bits per heavy atom. The van der Waals surface area contributed by atoms with Crippen LogP contribution in [0, 0.1) is 12.8 Å². The number of pyridine rings is 1. The van der Waals surface area contributed by atoms with E-state index in [1.807, 2.05) is 13.1 Å². The lowest BCUT2D eigenvalue weighted by molar-refractivity contribution is 0.359. The standard InChI is InChI=1S/C16H20N4O3S/c1-10-15(13-2-4-17-7-12(13)8-18-10)16-19-14(23-20-16)6-11-3-5-24(21,22)9-11/h8,11,17H,2-7,9H2,1H3. The minimum absolute atomic E-state index is 0.0800. The van der Waals surface area contributed by atoms with Crippen molar-refractivity contribution in [2.24, 2.45) is 5.92 Å². The van der Waals surface area contributed by atoms with Gasteiger partial charge in [-0.25, -0.2) is 8.42 Å². The second kappa shape index (κ2) is 5.93. The van der Waals surface area contributed by atoms with E-state index in [0.717, 1.165) is 30.8 Å². The van der Waals surface area contributed by atoms with E-state index in [0.29, 0.717) is 24.6 Å². The highest BCUT2D eigenvalue weighted by Gasteiger charge is 2.30. The zero-order valence-electron chi connectivity index (χ0n) is 13.6. The molecule has 0 amide bonds. The van der Waals surface area contributed by atoms with Gasteiger partial charge in [0.05, 0.1) is 11.5 Å². The van der Waals surface area contributed by atoms with E-state index >= 15 is 0 Å². The molecular formula is C16H20N4O3S. The Labute approximate surface area is 140 Å². The molecule has 2 aliphatic heterocycles. The minimum atomic E-state index is -2.89.